The van der Waals surface area contributed by atoms with Crippen molar-refractivity contribution in [2.24, 2.45) is 0 Å². The summed E-state index contributed by atoms with van der Waals surface area (Å²) < 4.78 is -0.947. The Hall–Kier alpha value is -1.34. The van der Waals surface area contributed by atoms with Crippen molar-refractivity contribution in [1.29, 1.82) is 0 Å². The minimum Gasteiger partial charge on any atom is -0.339 e. The summed E-state index contributed by atoms with van der Waals surface area (Å²) in [5, 5.41) is 2.51. The number of halogens is 3. The lowest BCUT2D eigenvalue weighted by atomic mass is 10.2. The standard InChI is InChI=1S/C13H10Cl3N3O2S/c14-13(15,16)11(19-9(20)6-7-17-12(19)22)18-10(21)8-4-2-1-3-5-8/h1-7,11H,(H,17,22)(H,18,21). The Morgan fingerprint density at radius 2 is 1.86 bits per heavy atom. The number of H-pyrrole nitrogens is 1. The van der Waals surface area contributed by atoms with E-state index in [-0.39, 0.29) is 4.77 Å². The van der Waals surface area contributed by atoms with Gasteiger partial charge in [0.25, 0.3) is 11.5 Å². The molecule has 2 rings (SSSR count). The summed E-state index contributed by atoms with van der Waals surface area (Å²) in [6.45, 7) is 0. The molecule has 2 N–H and O–H groups in total. The maximum Gasteiger partial charge on any atom is 0.256 e. The number of nitrogens with zero attached hydrogens (tertiary/aromatic N) is 1. The van der Waals surface area contributed by atoms with Gasteiger partial charge in [-0.3, -0.25) is 14.2 Å². The third-order valence-corrected chi connectivity index (χ3v) is 3.70. The largest absolute Gasteiger partial charge is 0.339 e. The number of benzene rings is 1. The predicted octanol–water partition coefficient (Wildman–Crippen LogP) is 3.20. The summed E-state index contributed by atoms with van der Waals surface area (Å²) in [5.41, 5.74) is -0.144. The molecule has 0 saturated heterocycles. The molecule has 0 saturated carbocycles. The summed E-state index contributed by atoms with van der Waals surface area (Å²) >= 11 is 22.8. The van der Waals surface area contributed by atoms with Gasteiger partial charge >= 0.3 is 0 Å². The summed E-state index contributed by atoms with van der Waals surface area (Å²) in [7, 11) is 0. The van der Waals surface area contributed by atoms with E-state index in [2.05, 4.69) is 10.3 Å². The molecule has 1 heterocycles. The molecule has 0 aliphatic heterocycles. The topological polar surface area (TPSA) is 66.9 Å². The van der Waals surface area contributed by atoms with E-state index in [4.69, 9.17) is 47.0 Å². The number of aromatic amines is 1. The molecule has 0 aliphatic rings. The Morgan fingerprint density at radius 1 is 1.23 bits per heavy atom. The third kappa shape index (κ3) is 3.89. The summed E-state index contributed by atoms with van der Waals surface area (Å²) in [4.78, 5) is 26.9. The van der Waals surface area contributed by atoms with Crippen LogP contribution >= 0.6 is 47.0 Å². The van der Waals surface area contributed by atoms with Crippen LogP contribution in [0.3, 0.4) is 0 Å². The average molecular weight is 379 g/mol. The second-order valence-corrected chi connectivity index (χ2v) is 7.03. The quantitative estimate of drug-likeness (QED) is 0.636. The smallest absolute Gasteiger partial charge is 0.256 e. The number of carbonyl (C=O) groups excluding carboxylic acids is 1. The van der Waals surface area contributed by atoms with Gasteiger partial charge in [-0.05, 0) is 24.4 Å². The van der Waals surface area contributed by atoms with E-state index >= 15 is 0 Å². The van der Waals surface area contributed by atoms with Crippen LogP contribution in [-0.4, -0.2) is 19.3 Å². The number of hydrogen-bond acceptors (Lipinski definition) is 3. The zero-order chi connectivity index (χ0) is 16.3. The van der Waals surface area contributed by atoms with Gasteiger partial charge < -0.3 is 10.3 Å². The van der Waals surface area contributed by atoms with Gasteiger partial charge in [0.05, 0.1) is 0 Å². The predicted molar refractivity (Wildman–Crippen MR) is 89.1 cm³/mol. The highest BCUT2D eigenvalue weighted by Crippen LogP contribution is 2.36. The molecule has 0 aliphatic carbocycles. The van der Waals surface area contributed by atoms with Crippen LogP contribution in [0.2, 0.25) is 0 Å². The fourth-order valence-corrected chi connectivity index (χ4v) is 2.49. The SMILES string of the molecule is O=C(NC(n1c(=O)cc[nH]c1=S)C(Cl)(Cl)Cl)c1ccccc1. The highest BCUT2D eigenvalue weighted by molar-refractivity contribution is 7.71. The highest BCUT2D eigenvalue weighted by Gasteiger charge is 2.36. The second-order valence-electron chi connectivity index (χ2n) is 4.27. The molecule has 1 unspecified atom stereocenters. The molecular formula is C13H10Cl3N3O2S. The Bertz CT molecular complexity index is 755. The van der Waals surface area contributed by atoms with Crippen LogP contribution in [0.4, 0.5) is 0 Å². The first kappa shape index (κ1) is 17.0. The molecule has 9 heteroatoms. The number of carbonyl (C=O) groups is 1. The molecule has 116 valence electrons. The number of rotatable bonds is 3. The molecule has 0 fully saturated rings. The molecule has 1 atom stereocenters. The number of aromatic nitrogens is 2. The van der Waals surface area contributed by atoms with E-state index in [1.54, 1.807) is 30.3 Å². The van der Waals surface area contributed by atoms with E-state index in [9.17, 15) is 9.59 Å². The van der Waals surface area contributed by atoms with Crippen molar-refractivity contribution in [2.45, 2.75) is 9.96 Å². The Kier molecular flexibility index (Phi) is 5.28. The molecule has 0 bridgehead atoms. The van der Waals surface area contributed by atoms with Gasteiger partial charge in [0.1, 0.15) is 0 Å². The fourth-order valence-electron chi connectivity index (χ4n) is 1.77. The van der Waals surface area contributed by atoms with E-state index < -0.39 is 21.4 Å². The molecule has 2 aromatic rings. The summed E-state index contributed by atoms with van der Waals surface area (Å²) in [5.74, 6) is -0.498. The minimum atomic E-state index is -1.98. The first-order valence-electron chi connectivity index (χ1n) is 6.03. The van der Waals surface area contributed by atoms with E-state index in [0.29, 0.717) is 5.56 Å². The molecule has 0 radical (unpaired) electrons. The van der Waals surface area contributed by atoms with Crippen LogP contribution in [0.15, 0.2) is 47.4 Å². The normalized spacial score (nSPS) is 12.7. The van der Waals surface area contributed by atoms with Crippen molar-refractivity contribution in [1.82, 2.24) is 14.9 Å². The van der Waals surface area contributed by atoms with Gasteiger partial charge in [-0.2, -0.15) is 0 Å². The van der Waals surface area contributed by atoms with Crippen LogP contribution in [0.1, 0.15) is 16.5 Å². The van der Waals surface area contributed by atoms with Gasteiger partial charge in [-0.15, -0.1) is 0 Å². The molecule has 0 spiro atoms. The maximum atomic E-state index is 12.3. The van der Waals surface area contributed by atoms with Crippen molar-refractivity contribution in [3.05, 3.63) is 63.3 Å². The lowest BCUT2D eigenvalue weighted by Gasteiger charge is -2.27. The lowest BCUT2D eigenvalue weighted by molar-refractivity contribution is 0.0918. The first-order valence-corrected chi connectivity index (χ1v) is 7.58. The van der Waals surface area contributed by atoms with Crippen molar-refractivity contribution >= 4 is 52.9 Å². The molecular weight excluding hydrogens is 369 g/mol. The monoisotopic (exact) mass is 377 g/mol. The Balaban J connectivity index is 2.43. The zero-order valence-corrected chi connectivity index (χ0v) is 14.0. The number of nitrogens with one attached hydrogen (secondary N) is 2. The van der Waals surface area contributed by atoms with Gasteiger partial charge in [-0.1, -0.05) is 53.0 Å². The fraction of sp³-hybridized carbons (Fsp3) is 0.154. The van der Waals surface area contributed by atoms with Gasteiger partial charge in [0.15, 0.2) is 10.9 Å². The van der Waals surface area contributed by atoms with Crippen molar-refractivity contribution in [3.63, 3.8) is 0 Å². The van der Waals surface area contributed by atoms with Crippen LogP contribution in [0, 0.1) is 4.77 Å². The highest BCUT2D eigenvalue weighted by atomic mass is 35.6. The molecule has 1 amide bonds. The van der Waals surface area contributed by atoms with Gasteiger partial charge in [0.2, 0.25) is 3.79 Å². The Labute approximate surface area is 145 Å². The van der Waals surface area contributed by atoms with Crippen molar-refractivity contribution < 1.29 is 4.79 Å². The summed E-state index contributed by atoms with van der Waals surface area (Å²) in [6.07, 6.45) is 0.109. The van der Waals surface area contributed by atoms with Crippen LogP contribution < -0.4 is 10.9 Å². The first-order chi connectivity index (χ1) is 10.3. The van der Waals surface area contributed by atoms with E-state index in [0.717, 1.165) is 4.57 Å². The Morgan fingerprint density at radius 3 is 2.41 bits per heavy atom. The minimum absolute atomic E-state index is 0.0252. The number of alkyl halides is 3. The van der Waals surface area contributed by atoms with E-state index in [1.165, 1.54) is 12.3 Å². The van der Waals surface area contributed by atoms with Crippen molar-refractivity contribution in [2.75, 3.05) is 0 Å². The molecule has 1 aromatic heterocycles. The molecule has 5 nitrogen and oxygen atoms in total. The van der Waals surface area contributed by atoms with E-state index in [1.807, 2.05) is 0 Å². The zero-order valence-electron chi connectivity index (χ0n) is 10.9. The average Bonchev–Trinajstić information content (AvgIpc) is 2.45. The van der Waals surface area contributed by atoms with Crippen LogP contribution in [0.25, 0.3) is 0 Å². The number of amides is 1. The second kappa shape index (κ2) is 6.83. The molecule has 1 aromatic carbocycles. The van der Waals surface area contributed by atoms with Crippen molar-refractivity contribution in [3.8, 4) is 0 Å². The third-order valence-electron chi connectivity index (χ3n) is 2.76. The van der Waals surface area contributed by atoms with Gasteiger partial charge in [-0.25, -0.2) is 0 Å². The molecule has 22 heavy (non-hydrogen) atoms. The summed E-state index contributed by atoms with van der Waals surface area (Å²) in [6, 6.07) is 9.56. The maximum absolute atomic E-state index is 12.3. The number of hydrogen-bond donors (Lipinski definition) is 2. The lowest BCUT2D eigenvalue weighted by Crippen LogP contribution is -2.45. The van der Waals surface area contributed by atoms with Gasteiger partial charge in [0, 0.05) is 17.8 Å². The van der Waals surface area contributed by atoms with Crippen LogP contribution in [-0.2, 0) is 0 Å². The van der Waals surface area contributed by atoms with Crippen LogP contribution in [0.5, 0.6) is 0 Å².